The van der Waals surface area contributed by atoms with E-state index in [1.54, 1.807) is 6.07 Å². The average Bonchev–Trinajstić information content (AvgIpc) is 3.20. The molecule has 3 aromatic rings. The molecule has 0 radical (unpaired) electrons. The molecule has 6 heteroatoms. The van der Waals surface area contributed by atoms with Crippen molar-refractivity contribution in [3.05, 3.63) is 64.3 Å². The fourth-order valence-corrected chi connectivity index (χ4v) is 4.50. The highest BCUT2D eigenvalue weighted by Gasteiger charge is 2.36. The minimum atomic E-state index is 0.0967. The van der Waals surface area contributed by atoms with Crippen molar-refractivity contribution in [2.45, 2.75) is 38.6 Å². The van der Waals surface area contributed by atoms with E-state index in [1.165, 1.54) is 0 Å². The van der Waals surface area contributed by atoms with Gasteiger partial charge in [-0.25, -0.2) is 0 Å². The monoisotopic (exact) mass is 376 g/mol. The van der Waals surface area contributed by atoms with E-state index >= 15 is 0 Å². The number of benzene rings is 1. The fourth-order valence-electron chi connectivity index (χ4n) is 4.50. The summed E-state index contributed by atoms with van der Waals surface area (Å²) >= 11 is 0. The molecule has 1 saturated heterocycles. The van der Waals surface area contributed by atoms with Gasteiger partial charge in [0.25, 0.3) is 5.56 Å². The van der Waals surface area contributed by atoms with E-state index in [0.29, 0.717) is 17.9 Å². The van der Waals surface area contributed by atoms with Gasteiger partial charge in [-0.3, -0.25) is 4.79 Å². The van der Waals surface area contributed by atoms with Gasteiger partial charge in [-0.1, -0.05) is 49.3 Å². The van der Waals surface area contributed by atoms with Gasteiger partial charge in [-0.2, -0.15) is 4.98 Å². The van der Waals surface area contributed by atoms with E-state index in [-0.39, 0.29) is 11.5 Å². The summed E-state index contributed by atoms with van der Waals surface area (Å²) in [5, 5.41) is 4.11. The minimum absolute atomic E-state index is 0.0967. The van der Waals surface area contributed by atoms with Crippen LogP contribution in [0.1, 0.15) is 43.6 Å². The Labute approximate surface area is 163 Å². The molecule has 1 aromatic carbocycles. The number of hydrogen-bond acceptors (Lipinski definition) is 5. The Morgan fingerprint density at radius 2 is 1.89 bits per heavy atom. The van der Waals surface area contributed by atoms with Crippen LogP contribution in [0.4, 0.5) is 6.01 Å². The second-order valence-electron chi connectivity index (χ2n) is 8.28. The number of rotatable bonds is 3. The molecule has 5 rings (SSSR count). The van der Waals surface area contributed by atoms with Crippen molar-refractivity contribution < 1.29 is 4.52 Å². The molecule has 1 fully saturated rings. The molecule has 2 aromatic heterocycles. The third kappa shape index (κ3) is 2.93. The summed E-state index contributed by atoms with van der Waals surface area (Å²) in [6.45, 7) is 6.53. The van der Waals surface area contributed by atoms with Crippen molar-refractivity contribution in [3.8, 4) is 11.1 Å². The summed E-state index contributed by atoms with van der Waals surface area (Å²) in [5.41, 5.74) is 3.29. The zero-order valence-electron chi connectivity index (χ0n) is 16.2. The SMILES string of the molecule is CC(C)c1noc(N2C[C@@H]3C[C@H](C2)c2cc(-c4ccccc4)cc(=O)n2C3)n1. The lowest BCUT2D eigenvalue weighted by atomic mass is 9.82. The molecule has 4 heterocycles. The Bertz CT molecular complexity index is 1050. The van der Waals surface area contributed by atoms with Crippen LogP contribution in [0.15, 0.2) is 51.8 Å². The van der Waals surface area contributed by atoms with Crippen LogP contribution >= 0.6 is 0 Å². The Morgan fingerprint density at radius 1 is 1.07 bits per heavy atom. The molecule has 0 amide bonds. The van der Waals surface area contributed by atoms with Crippen LogP contribution in [-0.4, -0.2) is 27.8 Å². The molecule has 28 heavy (non-hydrogen) atoms. The quantitative estimate of drug-likeness (QED) is 0.698. The summed E-state index contributed by atoms with van der Waals surface area (Å²) in [4.78, 5) is 19.6. The van der Waals surface area contributed by atoms with Crippen molar-refractivity contribution in [2.24, 2.45) is 5.92 Å². The smallest absolute Gasteiger partial charge is 0.323 e. The van der Waals surface area contributed by atoms with E-state index in [9.17, 15) is 4.79 Å². The number of fused-ring (bicyclic) bond motifs is 4. The van der Waals surface area contributed by atoms with Gasteiger partial charge in [0.15, 0.2) is 5.82 Å². The number of nitrogens with zero attached hydrogens (tertiary/aromatic N) is 4. The maximum absolute atomic E-state index is 12.8. The van der Waals surface area contributed by atoms with E-state index in [2.05, 4.69) is 47.1 Å². The van der Waals surface area contributed by atoms with Gasteiger partial charge in [0, 0.05) is 43.2 Å². The summed E-state index contributed by atoms with van der Waals surface area (Å²) in [6.07, 6.45) is 1.10. The molecule has 0 saturated carbocycles. The highest BCUT2D eigenvalue weighted by Crippen LogP contribution is 2.38. The topological polar surface area (TPSA) is 64.2 Å². The molecule has 144 valence electrons. The third-order valence-electron chi connectivity index (χ3n) is 5.88. The summed E-state index contributed by atoms with van der Waals surface area (Å²) in [5.74, 6) is 1.70. The van der Waals surface area contributed by atoms with Crippen molar-refractivity contribution >= 4 is 6.01 Å². The van der Waals surface area contributed by atoms with Gasteiger partial charge in [-0.05, 0) is 29.5 Å². The first-order chi connectivity index (χ1) is 13.6. The van der Waals surface area contributed by atoms with Crippen LogP contribution in [-0.2, 0) is 6.54 Å². The molecular formula is C22H24N4O2. The Kier molecular flexibility index (Phi) is 4.07. The van der Waals surface area contributed by atoms with Crippen LogP contribution < -0.4 is 10.5 Å². The fraction of sp³-hybridized carbons (Fsp3) is 0.409. The first-order valence-corrected chi connectivity index (χ1v) is 9.97. The standard InChI is InChI=1S/C22H24N4O2/c1-14(2)21-23-22(28-24-21)25-11-15-8-18(13-25)19-9-17(10-20(27)26(19)12-15)16-6-4-3-5-7-16/h3-7,9-10,14-15,18H,8,11-13H2,1-2H3/t15-,18+/m0/s1. The molecule has 2 aliphatic heterocycles. The largest absolute Gasteiger partial charge is 0.324 e. The predicted molar refractivity (Wildman–Crippen MR) is 108 cm³/mol. The van der Waals surface area contributed by atoms with Crippen molar-refractivity contribution in [3.63, 3.8) is 0 Å². The summed E-state index contributed by atoms with van der Waals surface area (Å²) in [6, 6.07) is 14.7. The lowest BCUT2D eigenvalue weighted by Crippen LogP contribution is -2.47. The molecule has 0 spiro atoms. The molecule has 2 atom stereocenters. The van der Waals surface area contributed by atoms with Crippen molar-refractivity contribution in [2.75, 3.05) is 18.0 Å². The number of anilines is 1. The maximum atomic E-state index is 12.8. The molecule has 2 aliphatic rings. The van der Waals surface area contributed by atoms with Crippen molar-refractivity contribution in [1.29, 1.82) is 0 Å². The lowest BCUT2D eigenvalue weighted by Gasteiger charge is -2.42. The number of aromatic nitrogens is 3. The van der Waals surface area contributed by atoms with Crippen LogP contribution in [0.25, 0.3) is 11.1 Å². The van der Waals surface area contributed by atoms with Crippen LogP contribution in [0, 0.1) is 5.92 Å². The molecule has 0 N–H and O–H groups in total. The van der Waals surface area contributed by atoms with Crippen molar-refractivity contribution in [1.82, 2.24) is 14.7 Å². The molecule has 2 bridgehead atoms. The Morgan fingerprint density at radius 3 is 2.64 bits per heavy atom. The first-order valence-electron chi connectivity index (χ1n) is 9.97. The Balaban J connectivity index is 1.50. The van der Waals surface area contributed by atoms with E-state index in [0.717, 1.165) is 48.7 Å². The number of piperidine rings is 1. The van der Waals surface area contributed by atoms with Gasteiger partial charge in [0.05, 0.1) is 0 Å². The average molecular weight is 376 g/mol. The lowest BCUT2D eigenvalue weighted by molar-refractivity contribution is 0.269. The first kappa shape index (κ1) is 17.2. The predicted octanol–water partition coefficient (Wildman–Crippen LogP) is 3.65. The zero-order chi connectivity index (χ0) is 19.3. The maximum Gasteiger partial charge on any atom is 0.324 e. The minimum Gasteiger partial charge on any atom is -0.323 e. The number of pyridine rings is 1. The zero-order valence-corrected chi connectivity index (χ0v) is 16.2. The molecule has 0 unspecified atom stereocenters. The second kappa shape index (κ2) is 6.62. The van der Waals surface area contributed by atoms with E-state index < -0.39 is 0 Å². The van der Waals surface area contributed by atoms with Gasteiger partial charge >= 0.3 is 6.01 Å². The van der Waals surface area contributed by atoms with Crippen LogP contribution in [0.5, 0.6) is 0 Å². The van der Waals surface area contributed by atoms with Gasteiger partial charge in [-0.15, -0.1) is 0 Å². The molecule has 6 nitrogen and oxygen atoms in total. The molecule has 0 aliphatic carbocycles. The third-order valence-corrected chi connectivity index (χ3v) is 5.88. The Hall–Kier alpha value is -2.89. The van der Waals surface area contributed by atoms with Gasteiger partial charge in [0.2, 0.25) is 0 Å². The van der Waals surface area contributed by atoms with E-state index in [1.807, 2.05) is 22.8 Å². The highest BCUT2D eigenvalue weighted by atomic mass is 16.5. The van der Waals surface area contributed by atoms with Gasteiger partial charge in [0.1, 0.15) is 0 Å². The summed E-state index contributed by atoms with van der Waals surface area (Å²) < 4.78 is 7.50. The second-order valence-corrected chi connectivity index (χ2v) is 8.28. The van der Waals surface area contributed by atoms with Gasteiger partial charge < -0.3 is 14.0 Å². The summed E-state index contributed by atoms with van der Waals surface area (Å²) in [7, 11) is 0. The number of hydrogen-bond donors (Lipinski definition) is 0. The molecular weight excluding hydrogens is 352 g/mol. The van der Waals surface area contributed by atoms with Crippen LogP contribution in [0.2, 0.25) is 0 Å². The van der Waals surface area contributed by atoms with Crippen LogP contribution in [0.3, 0.4) is 0 Å². The highest BCUT2D eigenvalue weighted by molar-refractivity contribution is 5.63. The van der Waals surface area contributed by atoms with E-state index in [4.69, 9.17) is 4.52 Å². The normalized spacial score (nSPS) is 21.0.